The molecule has 4 rings (SSSR count). The van der Waals surface area contributed by atoms with Gasteiger partial charge in [-0.1, -0.05) is 6.42 Å². The molecule has 1 aromatic rings. The molecule has 0 spiro atoms. The summed E-state index contributed by atoms with van der Waals surface area (Å²) in [6, 6.07) is 5.23. The predicted octanol–water partition coefficient (Wildman–Crippen LogP) is 2.69. The lowest BCUT2D eigenvalue weighted by Crippen LogP contribution is -2.50. The summed E-state index contributed by atoms with van der Waals surface area (Å²) in [5, 5.41) is 0. The van der Waals surface area contributed by atoms with Gasteiger partial charge in [0.2, 0.25) is 0 Å². The number of nitrogens with zero attached hydrogens (tertiary/aromatic N) is 2. The molecule has 0 radical (unpaired) electrons. The highest BCUT2D eigenvalue weighted by Crippen LogP contribution is 2.32. The Kier molecular flexibility index (Phi) is 5.41. The molecule has 1 aromatic carbocycles. The van der Waals surface area contributed by atoms with Gasteiger partial charge in [-0.2, -0.15) is 0 Å². The summed E-state index contributed by atoms with van der Waals surface area (Å²) in [6.07, 6.45) is 6.11. The molecule has 0 aromatic heterocycles. The van der Waals surface area contributed by atoms with Gasteiger partial charge in [0.25, 0.3) is 5.91 Å². The molecule has 1 saturated carbocycles. The van der Waals surface area contributed by atoms with Crippen molar-refractivity contribution in [3.8, 4) is 5.75 Å². The van der Waals surface area contributed by atoms with Crippen molar-refractivity contribution in [2.24, 2.45) is 0 Å². The van der Waals surface area contributed by atoms with Crippen LogP contribution in [0.2, 0.25) is 0 Å². The van der Waals surface area contributed by atoms with Crippen molar-refractivity contribution < 1.29 is 18.7 Å². The maximum absolute atomic E-state index is 14.4. The van der Waals surface area contributed by atoms with E-state index in [1.165, 1.54) is 38.4 Å². The second-order valence-corrected chi connectivity index (χ2v) is 7.51. The number of carbonyl (C=O) groups is 1. The van der Waals surface area contributed by atoms with E-state index >= 15 is 0 Å². The number of halogens is 1. The van der Waals surface area contributed by atoms with E-state index in [0.29, 0.717) is 38.1 Å². The Balaban J connectivity index is 1.31. The van der Waals surface area contributed by atoms with Gasteiger partial charge in [0.05, 0.1) is 18.8 Å². The lowest BCUT2D eigenvalue weighted by molar-refractivity contribution is 0.00877. The van der Waals surface area contributed by atoms with Gasteiger partial charge in [-0.05, 0) is 38.1 Å². The molecule has 1 aliphatic carbocycles. The zero-order chi connectivity index (χ0) is 17.9. The SMILES string of the molecule is O=C(c1ccc(O[C@H]2C[C@H](N3CCCCC3)C2)cc1F)N1CCOCC1. The molecule has 2 saturated heterocycles. The number of amides is 1. The fourth-order valence-electron chi connectivity index (χ4n) is 4.09. The first kappa shape index (κ1) is 17.7. The highest BCUT2D eigenvalue weighted by molar-refractivity contribution is 5.94. The minimum Gasteiger partial charge on any atom is -0.490 e. The summed E-state index contributed by atoms with van der Waals surface area (Å²) in [5.41, 5.74) is 0.110. The van der Waals surface area contributed by atoms with Crippen molar-refractivity contribution in [1.29, 1.82) is 0 Å². The molecule has 26 heavy (non-hydrogen) atoms. The van der Waals surface area contributed by atoms with E-state index in [2.05, 4.69) is 4.90 Å². The molecule has 1 amide bonds. The minimum atomic E-state index is -0.508. The number of piperidine rings is 1. The maximum atomic E-state index is 14.4. The highest BCUT2D eigenvalue weighted by Gasteiger charge is 2.35. The van der Waals surface area contributed by atoms with E-state index in [0.717, 1.165) is 12.8 Å². The van der Waals surface area contributed by atoms with Crippen molar-refractivity contribution in [3.63, 3.8) is 0 Å². The summed E-state index contributed by atoms with van der Waals surface area (Å²) in [5.74, 6) is -0.264. The van der Waals surface area contributed by atoms with Crippen LogP contribution in [0.4, 0.5) is 4.39 Å². The summed E-state index contributed by atoms with van der Waals surface area (Å²) in [4.78, 5) is 16.6. The van der Waals surface area contributed by atoms with Crippen LogP contribution < -0.4 is 4.74 Å². The fraction of sp³-hybridized carbons (Fsp3) is 0.650. The number of carbonyl (C=O) groups excluding carboxylic acids is 1. The van der Waals surface area contributed by atoms with Crippen LogP contribution in [0.25, 0.3) is 0 Å². The molecule has 2 heterocycles. The predicted molar refractivity (Wildman–Crippen MR) is 96.0 cm³/mol. The van der Waals surface area contributed by atoms with Crippen molar-refractivity contribution in [2.75, 3.05) is 39.4 Å². The van der Waals surface area contributed by atoms with Crippen molar-refractivity contribution in [3.05, 3.63) is 29.6 Å². The molecule has 0 unspecified atom stereocenters. The molecule has 0 N–H and O–H groups in total. The van der Waals surface area contributed by atoms with E-state index in [9.17, 15) is 9.18 Å². The second kappa shape index (κ2) is 7.92. The molecule has 0 atom stereocenters. The third-order valence-corrected chi connectivity index (χ3v) is 5.75. The molecule has 6 heteroatoms. The van der Waals surface area contributed by atoms with Gasteiger partial charge in [0, 0.05) is 38.0 Å². The first-order valence-corrected chi connectivity index (χ1v) is 9.78. The number of hydrogen-bond donors (Lipinski definition) is 0. The van der Waals surface area contributed by atoms with E-state index in [1.54, 1.807) is 17.0 Å². The molecular formula is C20H27FN2O3. The number of ether oxygens (including phenoxy) is 2. The monoisotopic (exact) mass is 362 g/mol. The molecule has 2 aliphatic heterocycles. The maximum Gasteiger partial charge on any atom is 0.256 e. The molecule has 3 fully saturated rings. The van der Waals surface area contributed by atoms with Gasteiger partial charge in [0.15, 0.2) is 0 Å². The second-order valence-electron chi connectivity index (χ2n) is 7.51. The largest absolute Gasteiger partial charge is 0.490 e. The molecule has 5 nitrogen and oxygen atoms in total. The molecule has 3 aliphatic rings. The Bertz CT molecular complexity index is 636. The van der Waals surface area contributed by atoms with Crippen LogP contribution in [0.5, 0.6) is 5.75 Å². The lowest BCUT2D eigenvalue weighted by Gasteiger charge is -2.44. The van der Waals surface area contributed by atoms with Crippen LogP contribution in [-0.4, -0.2) is 67.2 Å². The molecule has 0 bridgehead atoms. The van der Waals surface area contributed by atoms with Crippen LogP contribution in [0.15, 0.2) is 18.2 Å². The number of likely N-dealkylation sites (tertiary alicyclic amines) is 1. The average molecular weight is 362 g/mol. The van der Waals surface area contributed by atoms with E-state index in [1.807, 2.05) is 0 Å². The summed E-state index contributed by atoms with van der Waals surface area (Å²) in [6.45, 7) is 4.44. The number of benzene rings is 1. The topological polar surface area (TPSA) is 42.0 Å². The smallest absolute Gasteiger partial charge is 0.256 e. The minimum absolute atomic E-state index is 0.110. The van der Waals surface area contributed by atoms with Gasteiger partial charge < -0.3 is 19.3 Å². The third kappa shape index (κ3) is 3.86. The Morgan fingerprint density at radius 2 is 1.81 bits per heavy atom. The quantitative estimate of drug-likeness (QED) is 0.826. The number of hydrogen-bond acceptors (Lipinski definition) is 4. The van der Waals surface area contributed by atoms with Crippen molar-refractivity contribution in [2.45, 2.75) is 44.2 Å². The zero-order valence-electron chi connectivity index (χ0n) is 15.2. The summed E-state index contributed by atoms with van der Waals surface area (Å²) in [7, 11) is 0. The Labute approximate surface area is 154 Å². The normalized spacial score (nSPS) is 27.0. The Morgan fingerprint density at radius 1 is 1.08 bits per heavy atom. The first-order valence-electron chi connectivity index (χ1n) is 9.78. The highest BCUT2D eigenvalue weighted by atomic mass is 19.1. The average Bonchev–Trinajstić information content (AvgIpc) is 2.65. The fourth-order valence-corrected chi connectivity index (χ4v) is 4.09. The van der Waals surface area contributed by atoms with Crippen LogP contribution >= 0.6 is 0 Å². The van der Waals surface area contributed by atoms with Crippen LogP contribution in [0.1, 0.15) is 42.5 Å². The first-order chi connectivity index (χ1) is 12.7. The van der Waals surface area contributed by atoms with Crippen LogP contribution in [-0.2, 0) is 4.74 Å². The van der Waals surface area contributed by atoms with Crippen molar-refractivity contribution >= 4 is 5.91 Å². The third-order valence-electron chi connectivity index (χ3n) is 5.75. The summed E-state index contributed by atoms with van der Waals surface area (Å²) >= 11 is 0. The van der Waals surface area contributed by atoms with Gasteiger partial charge >= 0.3 is 0 Å². The van der Waals surface area contributed by atoms with Gasteiger partial charge in [-0.25, -0.2) is 4.39 Å². The summed E-state index contributed by atoms with van der Waals surface area (Å²) < 4.78 is 25.6. The Hall–Kier alpha value is -1.66. The van der Waals surface area contributed by atoms with E-state index in [-0.39, 0.29) is 17.6 Å². The van der Waals surface area contributed by atoms with Crippen LogP contribution in [0, 0.1) is 5.82 Å². The van der Waals surface area contributed by atoms with Crippen molar-refractivity contribution in [1.82, 2.24) is 9.80 Å². The number of rotatable bonds is 4. The van der Waals surface area contributed by atoms with Gasteiger partial charge in [-0.15, -0.1) is 0 Å². The number of morpholine rings is 1. The van der Waals surface area contributed by atoms with E-state index < -0.39 is 5.82 Å². The lowest BCUT2D eigenvalue weighted by atomic mass is 9.86. The molecular weight excluding hydrogens is 335 g/mol. The Morgan fingerprint density at radius 3 is 2.50 bits per heavy atom. The van der Waals surface area contributed by atoms with Crippen LogP contribution in [0.3, 0.4) is 0 Å². The van der Waals surface area contributed by atoms with Gasteiger partial charge in [-0.3, -0.25) is 4.79 Å². The molecule has 142 valence electrons. The zero-order valence-corrected chi connectivity index (χ0v) is 15.2. The standard InChI is InChI=1S/C20H27FN2O3/c21-19-14-16(4-5-18(19)20(24)23-8-10-25-11-9-23)26-17-12-15(13-17)22-6-2-1-3-7-22/h4-5,14-15,17H,1-3,6-13H2/t15-,17-. The van der Waals surface area contributed by atoms with E-state index in [4.69, 9.17) is 9.47 Å². The van der Waals surface area contributed by atoms with Gasteiger partial charge in [0.1, 0.15) is 17.7 Å².